The summed E-state index contributed by atoms with van der Waals surface area (Å²) in [5, 5.41) is 6.85. The zero-order chi connectivity index (χ0) is 12.3. The zero-order valence-corrected chi connectivity index (χ0v) is 10.5. The van der Waals surface area contributed by atoms with Gasteiger partial charge in [0.2, 0.25) is 0 Å². The Hall–Kier alpha value is -1.31. The Morgan fingerprint density at radius 2 is 2.35 bits per heavy atom. The molecule has 0 fully saturated rings. The predicted molar refractivity (Wildman–Crippen MR) is 62.8 cm³/mol. The van der Waals surface area contributed by atoms with E-state index in [4.69, 9.17) is 15.0 Å². The van der Waals surface area contributed by atoms with Crippen molar-refractivity contribution in [2.45, 2.75) is 19.4 Å². The second-order valence-corrected chi connectivity index (χ2v) is 4.51. The molecule has 0 amide bonds. The zero-order valence-electron chi connectivity index (χ0n) is 9.71. The average molecular weight is 254 g/mol. The Balaban J connectivity index is 2.08. The summed E-state index contributed by atoms with van der Waals surface area (Å²) in [6, 6.07) is 0. The van der Waals surface area contributed by atoms with Crippen LogP contribution in [-0.4, -0.2) is 28.8 Å². The van der Waals surface area contributed by atoms with Crippen LogP contribution in [0.5, 0.6) is 0 Å². The van der Waals surface area contributed by atoms with E-state index < -0.39 is 0 Å². The van der Waals surface area contributed by atoms with Crippen molar-refractivity contribution in [3.63, 3.8) is 0 Å². The molecule has 17 heavy (non-hydrogen) atoms. The third-order valence-corrected chi connectivity index (χ3v) is 3.20. The van der Waals surface area contributed by atoms with Crippen LogP contribution in [0.3, 0.4) is 0 Å². The van der Waals surface area contributed by atoms with Gasteiger partial charge in [0.1, 0.15) is 11.1 Å². The largest absolute Gasteiger partial charge is 0.370 e. The Kier molecular flexibility index (Phi) is 3.82. The van der Waals surface area contributed by atoms with E-state index in [1.807, 2.05) is 12.3 Å². The van der Waals surface area contributed by atoms with Crippen molar-refractivity contribution < 1.29 is 9.26 Å². The highest BCUT2D eigenvalue weighted by molar-refractivity contribution is 7.09. The Labute approximate surface area is 103 Å². The molecule has 2 aromatic rings. The maximum absolute atomic E-state index is 5.52. The summed E-state index contributed by atoms with van der Waals surface area (Å²) < 4.78 is 10.2. The molecule has 0 spiro atoms. The first-order chi connectivity index (χ1) is 8.22. The monoisotopic (exact) mass is 254 g/mol. The second-order valence-electron chi connectivity index (χ2n) is 3.57. The van der Waals surface area contributed by atoms with Crippen molar-refractivity contribution in [1.82, 2.24) is 15.1 Å². The molecule has 0 radical (unpaired) electrons. The highest BCUT2D eigenvalue weighted by Gasteiger charge is 2.17. The van der Waals surface area contributed by atoms with Gasteiger partial charge >= 0.3 is 0 Å². The molecule has 0 bridgehead atoms. The molecule has 0 aliphatic heterocycles. The number of aromatic nitrogens is 3. The number of thiazole rings is 1. The number of aryl methyl sites for hydroxylation is 1. The van der Waals surface area contributed by atoms with Gasteiger partial charge < -0.3 is 15.0 Å². The SMILES string of the molecule is COC(CN)c1nc(Cc2nc(C)cs2)no1. The summed E-state index contributed by atoms with van der Waals surface area (Å²) in [6.45, 7) is 2.27. The fourth-order valence-electron chi connectivity index (χ4n) is 1.39. The van der Waals surface area contributed by atoms with Crippen LogP contribution in [0.4, 0.5) is 0 Å². The molecule has 0 aliphatic rings. The van der Waals surface area contributed by atoms with E-state index in [-0.39, 0.29) is 6.10 Å². The number of hydrogen-bond donors (Lipinski definition) is 1. The third kappa shape index (κ3) is 2.87. The molecule has 2 aromatic heterocycles. The number of methoxy groups -OCH3 is 1. The number of nitrogens with zero attached hydrogens (tertiary/aromatic N) is 3. The second kappa shape index (κ2) is 5.35. The molecule has 0 saturated carbocycles. The number of hydrogen-bond acceptors (Lipinski definition) is 7. The standard InChI is InChI=1S/C10H14N4O2S/c1-6-5-17-9(12-6)3-8-13-10(16-14-8)7(4-11)15-2/h5,7H,3-4,11H2,1-2H3. The van der Waals surface area contributed by atoms with Gasteiger partial charge in [-0.15, -0.1) is 11.3 Å². The lowest BCUT2D eigenvalue weighted by Gasteiger charge is -2.05. The van der Waals surface area contributed by atoms with E-state index in [1.165, 1.54) is 0 Å². The van der Waals surface area contributed by atoms with E-state index in [1.54, 1.807) is 18.4 Å². The van der Waals surface area contributed by atoms with Gasteiger partial charge in [-0.2, -0.15) is 4.98 Å². The normalized spacial score (nSPS) is 12.9. The van der Waals surface area contributed by atoms with Gasteiger partial charge in [0.15, 0.2) is 5.82 Å². The van der Waals surface area contributed by atoms with Gasteiger partial charge in [0.05, 0.1) is 6.42 Å². The average Bonchev–Trinajstić information content (AvgIpc) is 2.91. The smallest absolute Gasteiger partial charge is 0.257 e. The fraction of sp³-hybridized carbons (Fsp3) is 0.500. The van der Waals surface area contributed by atoms with Gasteiger partial charge in [-0.3, -0.25) is 0 Å². The van der Waals surface area contributed by atoms with E-state index >= 15 is 0 Å². The molecule has 1 unspecified atom stereocenters. The molecule has 2 heterocycles. The Morgan fingerprint density at radius 3 is 2.94 bits per heavy atom. The van der Waals surface area contributed by atoms with Gasteiger partial charge in [0.25, 0.3) is 5.89 Å². The van der Waals surface area contributed by atoms with Crippen molar-refractivity contribution in [3.8, 4) is 0 Å². The summed E-state index contributed by atoms with van der Waals surface area (Å²) in [6.07, 6.45) is 0.234. The lowest BCUT2D eigenvalue weighted by molar-refractivity contribution is 0.0804. The van der Waals surface area contributed by atoms with Crippen molar-refractivity contribution >= 4 is 11.3 Å². The van der Waals surface area contributed by atoms with Crippen LogP contribution in [0, 0.1) is 6.92 Å². The molecule has 7 heteroatoms. The molecule has 2 N–H and O–H groups in total. The predicted octanol–water partition coefficient (Wildman–Crippen LogP) is 1.07. The third-order valence-electron chi connectivity index (χ3n) is 2.23. The van der Waals surface area contributed by atoms with E-state index in [9.17, 15) is 0 Å². The van der Waals surface area contributed by atoms with Crippen LogP contribution in [0.25, 0.3) is 0 Å². The number of nitrogens with two attached hydrogens (primary N) is 1. The van der Waals surface area contributed by atoms with Gasteiger partial charge in [-0.05, 0) is 6.92 Å². The lowest BCUT2D eigenvalue weighted by atomic mass is 10.3. The van der Waals surface area contributed by atoms with Crippen LogP contribution in [0.1, 0.15) is 28.5 Å². The number of ether oxygens (including phenoxy) is 1. The van der Waals surface area contributed by atoms with Gasteiger partial charge in [0, 0.05) is 24.7 Å². The van der Waals surface area contributed by atoms with Crippen LogP contribution >= 0.6 is 11.3 Å². The topological polar surface area (TPSA) is 87.1 Å². The van der Waals surface area contributed by atoms with Gasteiger partial charge in [-0.1, -0.05) is 5.16 Å². The summed E-state index contributed by atoms with van der Waals surface area (Å²) in [5.41, 5.74) is 6.52. The minimum atomic E-state index is -0.339. The molecular formula is C10H14N4O2S. The van der Waals surface area contributed by atoms with E-state index in [0.717, 1.165) is 10.7 Å². The van der Waals surface area contributed by atoms with Crippen molar-refractivity contribution in [1.29, 1.82) is 0 Å². The quantitative estimate of drug-likeness (QED) is 0.858. The summed E-state index contributed by atoms with van der Waals surface area (Å²) >= 11 is 1.58. The summed E-state index contributed by atoms with van der Waals surface area (Å²) in [4.78, 5) is 8.58. The molecule has 0 aromatic carbocycles. The van der Waals surface area contributed by atoms with Crippen LogP contribution < -0.4 is 5.73 Å². The highest BCUT2D eigenvalue weighted by atomic mass is 32.1. The van der Waals surface area contributed by atoms with E-state index in [0.29, 0.717) is 24.7 Å². The lowest BCUT2D eigenvalue weighted by Crippen LogP contribution is -2.14. The van der Waals surface area contributed by atoms with Crippen molar-refractivity contribution in [2.75, 3.05) is 13.7 Å². The van der Waals surface area contributed by atoms with Crippen LogP contribution in [0.15, 0.2) is 9.90 Å². The Morgan fingerprint density at radius 1 is 1.53 bits per heavy atom. The highest BCUT2D eigenvalue weighted by Crippen LogP contribution is 2.16. The fourth-order valence-corrected chi connectivity index (χ4v) is 2.16. The molecule has 0 saturated heterocycles. The molecule has 6 nitrogen and oxygen atoms in total. The molecule has 0 aliphatic carbocycles. The maximum atomic E-state index is 5.52. The van der Waals surface area contributed by atoms with E-state index in [2.05, 4.69) is 15.1 Å². The first-order valence-corrected chi connectivity index (χ1v) is 6.07. The molecule has 1 atom stereocenters. The minimum absolute atomic E-state index is 0.314. The molecular weight excluding hydrogens is 240 g/mol. The van der Waals surface area contributed by atoms with Crippen LogP contribution in [0.2, 0.25) is 0 Å². The summed E-state index contributed by atoms with van der Waals surface area (Å²) in [5.74, 6) is 1.02. The summed E-state index contributed by atoms with van der Waals surface area (Å²) in [7, 11) is 1.56. The number of rotatable bonds is 5. The van der Waals surface area contributed by atoms with Crippen molar-refractivity contribution in [2.24, 2.45) is 5.73 Å². The first kappa shape index (κ1) is 12.2. The molecule has 2 rings (SSSR count). The van der Waals surface area contributed by atoms with Gasteiger partial charge in [-0.25, -0.2) is 4.98 Å². The molecule has 92 valence electrons. The minimum Gasteiger partial charge on any atom is -0.370 e. The first-order valence-electron chi connectivity index (χ1n) is 5.19. The Bertz CT molecular complexity index is 478. The van der Waals surface area contributed by atoms with Crippen LogP contribution in [-0.2, 0) is 11.2 Å². The maximum Gasteiger partial charge on any atom is 0.257 e. The van der Waals surface area contributed by atoms with Crippen molar-refractivity contribution in [3.05, 3.63) is 27.8 Å².